The summed E-state index contributed by atoms with van der Waals surface area (Å²) in [7, 11) is 0. The highest BCUT2D eigenvalue weighted by Crippen LogP contribution is 2.20. The van der Waals surface area contributed by atoms with Gasteiger partial charge in [0.05, 0.1) is 0 Å². The van der Waals surface area contributed by atoms with Crippen molar-refractivity contribution in [3.05, 3.63) is 59.9 Å². The minimum atomic E-state index is -0.0590. The van der Waals surface area contributed by atoms with Crippen LogP contribution in [0.25, 0.3) is 5.82 Å². The Kier molecular flexibility index (Phi) is 5.16. The number of aryl methyl sites for hydroxylation is 2. The number of anilines is 2. The van der Waals surface area contributed by atoms with Gasteiger partial charge in [-0.1, -0.05) is 12.1 Å². The molecule has 4 rings (SSSR count). The molecule has 0 bridgehead atoms. The lowest BCUT2D eigenvalue weighted by atomic mass is 10.1. The molecule has 0 radical (unpaired) electrons. The zero-order chi connectivity index (χ0) is 20.4. The number of nitrogens with zero attached hydrogens (tertiary/aromatic N) is 6. The van der Waals surface area contributed by atoms with Crippen LogP contribution < -0.4 is 10.2 Å². The van der Waals surface area contributed by atoms with Crippen LogP contribution in [0.1, 0.15) is 17.0 Å². The maximum Gasteiger partial charge on any atom is 0.321 e. The number of hydrogen-bond acceptors (Lipinski definition) is 5. The number of imidazole rings is 1. The third-order valence-electron chi connectivity index (χ3n) is 5.32. The molecule has 29 heavy (non-hydrogen) atoms. The van der Waals surface area contributed by atoms with E-state index in [2.05, 4.69) is 25.2 Å². The molecule has 0 spiro atoms. The van der Waals surface area contributed by atoms with Gasteiger partial charge in [-0.25, -0.2) is 19.7 Å². The quantitative estimate of drug-likeness (QED) is 0.743. The number of benzene rings is 1. The second kappa shape index (κ2) is 7.90. The molecule has 0 unspecified atom stereocenters. The van der Waals surface area contributed by atoms with Crippen LogP contribution in [0.15, 0.2) is 43.0 Å². The van der Waals surface area contributed by atoms with Crippen molar-refractivity contribution in [2.45, 2.75) is 20.8 Å². The zero-order valence-electron chi connectivity index (χ0n) is 17.0. The van der Waals surface area contributed by atoms with E-state index in [-0.39, 0.29) is 6.03 Å². The van der Waals surface area contributed by atoms with Crippen molar-refractivity contribution in [3.63, 3.8) is 0 Å². The fourth-order valence-corrected chi connectivity index (χ4v) is 3.44. The standard InChI is InChI=1S/C21H25N7O/c1-15-5-4-6-18(16(15)2)25-21(29)27-11-9-26(10-12-27)19-13-20(24-17(3)23-19)28-8-7-22-14-28/h4-8,13-14H,9-12H2,1-3H3,(H,25,29). The summed E-state index contributed by atoms with van der Waals surface area (Å²) >= 11 is 0. The summed E-state index contributed by atoms with van der Waals surface area (Å²) in [5.41, 5.74) is 3.14. The lowest BCUT2D eigenvalue weighted by Gasteiger charge is -2.35. The first-order chi connectivity index (χ1) is 14.0. The Morgan fingerprint density at radius 3 is 2.52 bits per heavy atom. The molecule has 1 aromatic carbocycles. The highest BCUT2D eigenvalue weighted by molar-refractivity contribution is 5.90. The molecule has 150 valence electrons. The molecule has 3 heterocycles. The van der Waals surface area contributed by atoms with E-state index in [9.17, 15) is 4.79 Å². The van der Waals surface area contributed by atoms with E-state index in [0.717, 1.165) is 36.0 Å². The Hall–Kier alpha value is -3.42. The van der Waals surface area contributed by atoms with Gasteiger partial charge >= 0.3 is 6.03 Å². The summed E-state index contributed by atoms with van der Waals surface area (Å²) in [4.78, 5) is 29.9. The Balaban J connectivity index is 1.42. The normalized spacial score (nSPS) is 14.2. The molecule has 0 atom stereocenters. The maximum absolute atomic E-state index is 12.7. The first-order valence-electron chi connectivity index (χ1n) is 9.72. The van der Waals surface area contributed by atoms with E-state index < -0.39 is 0 Å². The smallest absolute Gasteiger partial charge is 0.321 e. The molecule has 1 aliphatic heterocycles. The lowest BCUT2D eigenvalue weighted by molar-refractivity contribution is 0.208. The van der Waals surface area contributed by atoms with Crippen molar-refractivity contribution in [1.29, 1.82) is 0 Å². The van der Waals surface area contributed by atoms with Gasteiger partial charge in [0.1, 0.15) is 23.8 Å². The summed E-state index contributed by atoms with van der Waals surface area (Å²) in [6, 6.07) is 7.85. The predicted octanol–water partition coefficient (Wildman–Crippen LogP) is 2.94. The number of piperazine rings is 1. The van der Waals surface area contributed by atoms with Crippen LogP contribution in [0.3, 0.4) is 0 Å². The SMILES string of the molecule is Cc1nc(N2CCN(C(=O)Nc3cccc(C)c3C)CC2)cc(-n2ccnc2)n1. The van der Waals surface area contributed by atoms with Crippen LogP contribution in [0, 0.1) is 20.8 Å². The zero-order valence-corrected chi connectivity index (χ0v) is 17.0. The van der Waals surface area contributed by atoms with Crippen LogP contribution >= 0.6 is 0 Å². The summed E-state index contributed by atoms with van der Waals surface area (Å²) < 4.78 is 1.87. The van der Waals surface area contributed by atoms with Crippen molar-refractivity contribution < 1.29 is 4.79 Å². The minimum Gasteiger partial charge on any atom is -0.353 e. The summed E-state index contributed by atoms with van der Waals surface area (Å²) in [5.74, 6) is 2.37. The molecule has 2 aromatic heterocycles. The first kappa shape index (κ1) is 18.9. The van der Waals surface area contributed by atoms with E-state index in [0.29, 0.717) is 18.9 Å². The summed E-state index contributed by atoms with van der Waals surface area (Å²) in [5, 5.41) is 3.04. The second-order valence-electron chi connectivity index (χ2n) is 7.25. The van der Waals surface area contributed by atoms with Gasteiger partial charge in [0, 0.05) is 50.3 Å². The lowest BCUT2D eigenvalue weighted by Crippen LogP contribution is -2.50. The highest BCUT2D eigenvalue weighted by atomic mass is 16.2. The van der Waals surface area contributed by atoms with Crippen LogP contribution in [0.4, 0.5) is 16.3 Å². The molecule has 1 aliphatic rings. The Labute approximate surface area is 170 Å². The van der Waals surface area contributed by atoms with Gasteiger partial charge < -0.3 is 15.1 Å². The summed E-state index contributed by atoms with van der Waals surface area (Å²) in [6.07, 6.45) is 5.31. The molecule has 1 fully saturated rings. The van der Waals surface area contributed by atoms with E-state index in [1.54, 1.807) is 12.5 Å². The van der Waals surface area contributed by atoms with Gasteiger partial charge in [0.2, 0.25) is 0 Å². The van der Waals surface area contributed by atoms with E-state index >= 15 is 0 Å². The largest absolute Gasteiger partial charge is 0.353 e. The monoisotopic (exact) mass is 391 g/mol. The fraction of sp³-hybridized carbons (Fsp3) is 0.333. The van der Waals surface area contributed by atoms with Crippen molar-refractivity contribution in [2.75, 3.05) is 36.4 Å². The third-order valence-corrected chi connectivity index (χ3v) is 5.32. The van der Waals surface area contributed by atoms with Crippen molar-refractivity contribution in [3.8, 4) is 5.82 Å². The van der Waals surface area contributed by atoms with Crippen LogP contribution in [0.2, 0.25) is 0 Å². The van der Waals surface area contributed by atoms with Crippen molar-refractivity contribution in [2.24, 2.45) is 0 Å². The molecule has 3 aromatic rings. The molecular formula is C21H25N7O. The molecule has 8 heteroatoms. The predicted molar refractivity (Wildman–Crippen MR) is 113 cm³/mol. The molecule has 0 aliphatic carbocycles. The number of rotatable bonds is 3. The Bertz CT molecular complexity index is 1010. The van der Waals surface area contributed by atoms with E-state index in [1.807, 2.05) is 60.7 Å². The van der Waals surface area contributed by atoms with Gasteiger partial charge in [0.15, 0.2) is 0 Å². The molecule has 1 N–H and O–H groups in total. The van der Waals surface area contributed by atoms with Crippen molar-refractivity contribution in [1.82, 2.24) is 24.4 Å². The van der Waals surface area contributed by atoms with Gasteiger partial charge in [-0.3, -0.25) is 4.57 Å². The number of nitrogens with one attached hydrogen (secondary N) is 1. The highest BCUT2D eigenvalue weighted by Gasteiger charge is 2.23. The molecule has 1 saturated heterocycles. The van der Waals surface area contributed by atoms with Gasteiger partial charge in [-0.2, -0.15) is 0 Å². The fourth-order valence-electron chi connectivity index (χ4n) is 3.44. The molecule has 2 amide bonds. The minimum absolute atomic E-state index is 0.0590. The van der Waals surface area contributed by atoms with E-state index in [4.69, 9.17) is 0 Å². The third kappa shape index (κ3) is 4.06. The van der Waals surface area contributed by atoms with E-state index in [1.165, 1.54) is 5.56 Å². The molecule has 0 saturated carbocycles. The second-order valence-corrected chi connectivity index (χ2v) is 7.25. The number of urea groups is 1. The number of amides is 2. The average molecular weight is 391 g/mol. The number of hydrogen-bond donors (Lipinski definition) is 1. The molecule has 8 nitrogen and oxygen atoms in total. The van der Waals surface area contributed by atoms with Crippen LogP contribution in [0.5, 0.6) is 0 Å². The first-order valence-corrected chi connectivity index (χ1v) is 9.72. The Morgan fingerprint density at radius 2 is 1.79 bits per heavy atom. The van der Waals surface area contributed by atoms with Crippen molar-refractivity contribution >= 4 is 17.5 Å². The number of carbonyl (C=O) groups is 1. The average Bonchev–Trinajstić information content (AvgIpc) is 3.26. The molecular weight excluding hydrogens is 366 g/mol. The number of carbonyl (C=O) groups excluding carboxylic acids is 1. The van der Waals surface area contributed by atoms with Gasteiger partial charge in [-0.15, -0.1) is 0 Å². The van der Waals surface area contributed by atoms with Gasteiger partial charge in [0.25, 0.3) is 0 Å². The maximum atomic E-state index is 12.7. The topological polar surface area (TPSA) is 79.2 Å². The van der Waals surface area contributed by atoms with Gasteiger partial charge in [-0.05, 0) is 38.0 Å². The van der Waals surface area contributed by atoms with Crippen LogP contribution in [-0.4, -0.2) is 56.6 Å². The summed E-state index contributed by atoms with van der Waals surface area (Å²) in [6.45, 7) is 8.68. The Morgan fingerprint density at radius 1 is 1.03 bits per heavy atom. The number of aromatic nitrogens is 4. The van der Waals surface area contributed by atoms with Crippen LogP contribution in [-0.2, 0) is 0 Å².